The van der Waals surface area contributed by atoms with Crippen molar-refractivity contribution in [3.8, 4) is 0 Å². The maximum Gasteiger partial charge on any atom is 0.191 e. The predicted octanol–water partition coefficient (Wildman–Crippen LogP) is 1.39. The lowest BCUT2D eigenvalue weighted by Crippen LogP contribution is -2.47. The summed E-state index contributed by atoms with van der Waals surface area (Å²) in [5, 5.41) is 6.74. The largest absolute Gasteiger partial charge is 0.373 e. The molecule has 3 rings (SSSR count). The molecule has 3 atom stereocenters. The number of rotatable bonds is 3. The molecule has 0 aromatic carbocycles. The molecule has 1 aromatic rings. The highest BCUT2D eigenvalue weighted by Crippen LogP contribution is 2.34. The van der Waals surface area contributed by atoms with Crippen molar-refractivity contribution in [3.63, 3.8) is 0 Å². The number of guanidine groups is 1. The summed E-state index contributed by atoms with van der Waals surface area (Å²) in [5.41, 5.74) is 0.963. The first-order chi connectivity index (χ1) is 9.74. The van der Waals surface area contributed by atoms with Gasteiger partial charge in [0.05, 0.1) is 30.5 Å². The lowest BCUT2D eigenvalue weighted by atomic mass is 9.96. The summed E-state index contributed by atoms with van der Waals surface area (Å²) in [6.45, 7) is 2.54. The second-order valence-corrected chi connectivity index (χ2v) is 5.38. The van der Waals surface area contributed by atoms with E-state index in [1.807, 2.05) is 13.0 Å². The van der Waals surface area contributed by atoms with E-state index in [2.05, 4.69) is 25.6 Å². The third-order valence-corrected chi connectivity index (χ3v) is 3.92. The molecule has 21 heavy (non-hydrogen) atoms. The normalized spacial score (nSPS) is 27.3. The molecule has 2 saturated heterocycles. The molecule has 7 heteroatoms. The highest BCUT2D eigenvalue weighted by Gasteiger charge is 2.41. The second kappa shape index (κ2) is 7.35. The molecule has 0 aliphatic carbocycles. The number of aryl methyl sites for hydroxylation is 1. The molecule has 2 aliphatic rings. The molecule has 0 saturated carbocycles. The molecule has 3 unspecified atom stereocenters. The predicted molar refractivity (Wildman–Crippen MR) is 91.8 cm³/mol. The van der Waals surface area contributed by atoms with E-state index in [-0.39, 0.29) is 24.0 Å². The summed E-state index contributed by atoms with van der Waals surface area (Å²) >= 11 is 0. The number of ether oxygens (including phenoxy) is 1. The summed E-state index contributed by atoms with van der Waals surface area (Å²) in [6, 6.07) is 2.29. The van der Waals surface area contributed by atoms with Crippen LogP contribution in [0.3, 0.4) is 0 Å². The summed E-state index contributed by atoms with van der Waals surface area (Å²) in [5.74, 6) is 1.59. The van der Waals surface area contributed by atoms with Crippen LogP contribution in [0.4, 0.5) is 0 Å². The van der Waals surface area contributed by atoms with Crippen LogP contribution in [0.15, 0.2) is 17.3 Å². The molecular weight excluding hydrogens is 381 g/mol. The molecule has 6 nitrogen and oxygen atoms in total. The minimum absolute atomic E-state index is 0. The molecule has 0 spiro atoms. The van der Waals surface area contributed by atoms with Crippen molar-refractivity contribution in [1.82, 2.24) is 20.6 Å². The molecule has 0 amide bonds. The van der Waals surface area contributed by atoms with Gasteiger partial charge in [-0.25, -0.2) is 9.97 Å². The van der Waals surface area contributed by atoms with Gasteiger partial charge in [-0.3, -0.25) is 4.99 Å². The van der Waals surface area contributed by atoms with Crippen molar-refractivity contribution in [2.75, 3.05) is 7.05 Å². The van der Waals surface area contributed by atoms with E-state index in [1.165, 1.54) is 6.42 Å². The van der Waals surface area contributed by atoms with Crippen LogP contribution in [0.1, 0.15) is 30.8 Å². The Morgan fingerprint density at radius 3 is 2.95 bits per heavy atom. The fourth-order valence-corrected chi connectivity index (χ4v) is 2.94. The van der Waals surface area contributed by atoms with Gasteiger partial charge in [-0.05, 0) is 32.3 Å². The Balaban J connectivity index is 0.00000161. The van der Waals surface area contributed by atoms with Crippen LogP contribution in [0.2, 0.25) is 0 Å². The molecule has 0 radical (unpaired) electrons. The van der Waals surface area contributed by atoms with Crippen molar-refractivity contribution < 1.29 is 4.74 Å². The molecule has 2 aliphatic heterocycles. The highest BCUT2D eigenvalue weighted by molar-refractivity contribution is 14.0. The van der Waals surface area contributed by atoms with Gasteiger partial charge < -0.3 is 15.4 Å². The first kappa shape index (κ1) is 16.4. The Labute approximate surface area is 142 Å². The first-order valence-corrected chi connectivity index (χ1v) is 7.16. The van der Waals surface area contributed by atoms with Gasteiger partial charge in [0, 0.05) is 13.2 Å². The summed E-state index contributed by atoms with van der Waals surface area (Å²) in [4.78, 5) is 12.7. The van der Waals surface area contributed by atoms with E-state index >= 15 is 0 Å². The van der Waals surface area contributed by atoms with Gasteiger partial charge in [-0.15, -0.1) is 24.0 Å². The van der Waals surface area contributed by atoms with Crippen LogP contribution < -0.4 is 10.6 Å². The summed E-state index contributed by atoms with van der Waals surface area (Å²) < 4.78 is 5.84. The fraction of sp³-hybridized carbons (Fsp3) is 0.643. The summed E-state index contributed by atoms with van der Waals surface area (Å²) in [6.07, 6.45) is 6.01. The highest BCUT2D eigenvalue weighted by atomic mass is 127. The van der Waals surface area contributed by atoms with E-state index < -0.39 is 0 Å². The Hall–Kier alpha value is -0.960. The zero-order valence-electron chi connectivity index (χ0n) is 12.4. The topological polar surface area (TPSA) is 71.4 Å². The van der Waals surface area contributed by atoms with Gasteiger partial charge in [0.1, 0.15) is 5.82 Å². The van der Waals surface area contributed by atoms with Crippen molar-refractivity contribution in [2.45, 2.75) is 51.0 Å². The number of aromatic nitrogens is 2. The van der Waals surface area contributed by atoms with Gasteiger partial charge in [-0.2, -0.15) is 0 Å². The second-order valence-electron chi connectivity index (χ2n) is 5.38. The van der Waals surface area contributed by atoms with Gasteiger partial charge in [0.25, 0.3) is 0 Å². The average Bonchev–Trinajstić information content (AvgIpc) is 3.06. The standard InChI is InChI=1S/C14H21N5O.HI/c1-9-16-6-5-10(18-9)8-17-14(15-2)19-12-7-11-3-4-13(12)20-11;/h5-6,11-13H,3-4,7-8H2,1-2H3,(H2,15,17,19);1H. The Morgan fingerprint density at radius 1 is 1.48 bits per heavy atom. The molecular formula is C14H22IN5O. The van der Waals surface area contributed by atoms with Gasteiger partial charge in [0.2, 0.25) is 0 Å². The SMILES string of the molecule is CN=C(NCc1ccnc(C)n1)NC1CC2CCC1O2.I. The molecule has 1 aromatic heterocycles. The van der Waals surface area contributed by atoms with Crippen molar-refractivity contribution >= 4 is 29.9 Å². The van der Waals surface area contributed by atoms with Gasteiger partial charge in [0.15, 0.2) is 5.96 Å². The van der Waals surface area contributed by atoms with E-state index in [0.29, 0.717) is 24.8 Å². The molecule has 2 N–H and O–H groups in total. The minimum Gasteiger partial charge on any atom is -0.373 e. The Kier molecular flexibility index (Phi) is 5.74. The number of hydrogen-bond donors (Lipinski definition) is 2. The zero-order valence-corrected chi connectivity index (χ0v) is 14.7. The maximum atomic E-state index is 5.84. The number of fused-ring (bicyclic) bond motifs is 2. The van der Waals surface area contributed by atoms with E-state index in [0.717, 1.165) is 30.3 Å². The minimum atomic E-state index is 0. The van der Waals surface area contributed by atoms with Gasteiger partial charge in [-0.1, -0.05) is 0 Å². The van der Waals surface area contributed by atoms with Crippen molar-refractivity contribution in [2.24, 2.45) is 4.99 Å². The lowest BCUT2D eigenvalue weighted by molar-refractivity contribution is 0.0992. The smallest absolute Gasteiger partial charge is 0.191 e. The molecule has 2 fully saturated rings. The van der Waals surface area contributed by atoms with Crippen LogP contribution in [-0.2, 0) is 11.3 Å². The number of hydrogen-bond acceptors (Lipinski definition) is 4. The van der Waals surface area contributed by atoms with Crippen molar-refractivity contribution in [3.05, 3.63) is 23.8 Å². The maximum absolute atomic E-state index is 5.84. The Bertz CT molecular complexity index is 510. The average molecular weight is 403 g/mol. The van der Waals surface area contributed by atoms with Crippen LogP contribution >= 0.6 is 24.0 Å². The molecule has 3 heterocycles. The molecule has 2 bridgehead atoms. The lowest BCUT2D eigenvalue weighted by Gasteiger charge is -2.22. The van der Waals surface area contributed by atoms with Crippen molar-refractivity contribution in [1.29, 1.82) is 0 Å². The quantitative estimate of drug-likeness (QED) is 0.454. The zero-order chi connectivity index (χ0) is 13.9. The van der Waals surface area contributed by atoms with E-state index in [1.54, 1.807) is 13.2 Å². The number of aliphatic imine (C=N–C) groups is 1. The van der Waals surface area contributed by atoms with E-state index in [4.69, 9.17) is 4.74 Å². The van der Waals surface area contributed by atoms with Crippen LogP contribution in [-0.4, -0.2) is 41.2 Å². The number of halogens is 1. The fourth-order valence-electron chi connectivity index (χ4n) is 2.94. The summed E-state index contributed by atoms with van der Waals surface area (Å²) in [7, 11) is 1.79. The first-order valence-electron chi connectivity index (χ1n) is 7.16. The van der Waals surface area contributed by atoms with Crippen LogP contribution in [0.5, 0.6) is 0 Å². The third kappa shape index (κ3) is 4.03. The monoisotopic (exact) mass is 403 g/mol. The van der Waals surface area contributed by atoms with Crippen LogP contribution in [0.25, 0.3) is 0 Å². The third-order valence-electron chi connectivity index (χ3n) is 3.92. The van der Waals surface area contributed by atoms with Gasteiger partial charge >= 0.3 is 0 Å². The van der Waals surface area contributed by atoms with Crippen LogP contribution in [0, 0.1) is 6.92 Å². The molecule has 116 valence electrons. The number of nitrogens with one attached hydrogen (secondary N) is 2. The number of nitrogens with zero attached hydrogens (tertiary/aromatic N) is 3. The Morgan fingerprint density at radius 2 is 2.33 bits per heavy atom. The van der Waals surface area contributed by atoms with E-state index in [9.17, 15) is 0 Å².